The summed E-state index contributed by atoms with van der Waals surface area (Å²) in [5, 5.41) is 9.66. The van der Waals surface area contributed by atoms with Crippen LogP contribution in [0.1, 0.15) is 39.0 Å². The van der Waals surface area contributed by atoms with Gasteiger partial charge in [-0.15, -0.1) is 0 Å². The minimum absolute atomic E-state index is 0.0342. The lowest BCUT2D eigenvalue weighted by atomic mass is 10.1. The highest BCUT2D eigenvalue weighted by atomic mass is 19.4. The van der Waals surface area contributed by atoms with Gasteiger partial charge in [-0.1, -0.05) is 19.8 Å². The van der Waals surface area contributed by atoms with Crippen molar-refractivity contribution in [2.75, 3.05) is 7.11 Å². The second-order valence-electron chi connectivity index (χ2n) is 5.14. The maximum absolute atomic E-state index is 11.8. The summed E-state index contributed by atoms with van der Waals surface area (Å²) in [5.74, 6) is -4.25. The Labute approximate surface area is 148 Å². The summed E-state index contributed by atoms with van der Waals surface area (Å²) in [6.45, 7) is 1.98. The molecule has 0 rings (SSSR count). The van der Waals surface area contributed by atoms with Gasteiger partial charge >= 0.3 is 18.1 Å². The Morgan fingerprint density at radius 3 is 2.04 bits per heavy atom. The molecule has 152 valence electrons. The number of halogens is 3. The van der Waals surface area contributed by atoms with Gasteiger partial charge in [0.05, 0.1) is 13.2 Å². The van der Waals surface area contributed by atoms with Crippen LogP contribution in [0.25, 0.3) is 0 Å². The summed E-state index contributed by atoms with van der Waals surface area (Å²) in [6.07, 6.45) is -2.71. The van der Waals surface area contributed by atoms with Crippen LogP contribution in [0.4, 0.5) is 13.2 Å². The standard InChI is InChI=1S/C12H23N3O4.C2HF3O2/c1-3-4-5-9(12(18)19-2)15-11(17)8(13)6-7-10(14)16;3-2(4,5)1(6)7/h8-9H,3-7,13H2,1-2H3,(H2,14,16)(H,15,17);(H,6,7)/t8-,9-;/m0./s1. The zero-order valence-electron chi connectivity index (χ0n) is 14.5. The van der Waals surface area contributed by atoms with Gasteiger partial charge in [0.1, 0.15) is 6.04 Å². The Morgan fingerprint density at radius 2 is 1.69 bits per heavy atom. The fourth-order valence-electron chi connectivity index (χ4n) is 1.51. The van der Waals surface area contributed by atoms with Crippen molar-refractivity contribution in [3.63, 3.8) is 0 Å². The number of aliphatic carboxylic acids is 1. The van der Waals surface area contributed by atoms with Gasteiger partial charge in [0.25, 0.3) is 0 Å². The van der Waals surface area contributed by atoms with E-state index in [1.807, 2.05) is 6.92 Å². The number of rotatable bonds is 9. The number of primary amides is 1. The van der Waals surface area contributed by atoms with Crippen LogP contribution in [0.2, 0.25) is 0 Å². The molecule has 0 aromatic rings. The van der Waals surface area contributed by atoms with Crippen molar-refractivity contribution in [3.8, 4) is 0 Å². The molecule has 0 saturated carbocycles. The molecule has 2 atom stereocenters. The molecular weight excluding hydrogens is 363 g/mol. The van der Waals surface area contributed by atoms with Gasteiger partial charge in [-0.3, -0.25) is 9.59 Å². The summed E-state index contributed by atoms with van der Waals surface area (Å²) >= 11 is 0. The zero-order valence-corrected chi connectivity index (χ0v) is 14.5. The summed E-state index contributed by atoms with van der Waals surface area (Å²) in [5.41, 5.74) is 10.6. The van der Waals surface area contributed by atoms with Gasteiger partial charge in [0.15, 0.2) is 0 Å². The Hall–Kier alpha value is -2.37. The van der Waals surface area contributed by atoms with Gasteiger partial charge in [-0.25, -0.2) is 9.59 Å². The first-order chi connectivity index (χ1) is 11.9. The second-order valence-corrected chi connectivity index (χ2v) is 5.14. The molecule has 0 spiro atoms. The third-order valence-electron chi connectivity index (χ3n) is 2.93. The lowest BCUT2D eigenvalue weighted by molar-refractivity contribution is -0.192. The van der Waals surface area contributed by atoms with Gasteiger partial charge in [0, 0.05) is 6.42 Å². The van der Waals surface area contributed by atoms with E-state index in [1.54, 1.807) is 0 Å². The highest BCUT2D eigenvalue weighted by Gasteiger charge is 2.38. The van der Waals surface area contributed by atoms with Gasteiger partial charge < -0.3 is 26.6 Å². The van der Waals surface area contributed by atoms with Crippen LogP contribution in [0.15, 0.2) is 0 Å². The molecular formula is C14H24F3N3O6. The number of unbranched alkanes of at least 4 members (excludes halogenated alkanes) is 1. The maximum Gasteiger partial charge on any atom is 0.490 e. The van der Waals surface area contributed by atoms with Crippen LogP contribution in [-0.4, -0.2) is 54.2 Å². The van der Waals surface area contributed by atoms with Crippen molar-refractivity contribution in [1.82, 2.24) is 5.32 Å². The number of hydrogen-bond donors (Lipinski definition) is 4. The molecule has 0 heterocycles. The molecule has 26 heavy (non-hydrogen) atoms. The molecule has 2 amide bonds. The van der Waals surface area contributed by atoms with E-state index in [4.69, 9.17) is 21.4 Å². The number of esters is 1. The van der Waals surface area contributed by atoms with Crippen molar-refractivity contribution in [1.29, 1.82) is 0 Å². The molecule has 0 unspecified atom stereocenters. The van der Waals surface area contributed by atoms with E-state index in [0.29, 0.717) is 6.42 Å². The fourth-order valence-corrected chi connectivity index (χ4v) is 1.51. The van der Waals surface area contributed by atoms with Crippen LogP contribution in [-0.2, 0) is 23.9 Å². The van der Waals surface area contributed by atoms with Crippen molar-refractivity contribution >= 4 is 23.8 Å². The number of carboxylic acid groups (broad SMARTS) is 1. The number of alkyl halides is 3. The highest BCUT2D eigenvalue weighted by molar-refractivity contribution is 5.87. The maximum atomic E-state index is 11.8. The van der Waals surface area contributed by atoms with E-state index >= 15 is 0 Å². The SMILES string of the molecule is CCCC[C@H](NC(=O)[C@@H](N)CCC(N)=O)C(=O)OC.O=C(O)C(F)(F)F. The first-order valence-electron chi connectivity index (χ1n) is 7.58. The lowest BCUT2D eigenvalue weighted by Gasteiger charge is -2.18. The minimum atomic E-state index is -5.08. The molecule has 0 radical (unpaired) electrons. The normalized spacial score (nSPS) is 12.8. The average Bonchev–Trinajstić information content (AvgIpc) is 2.54. The van der Waals surface area contributed by atoms with E-state index in [1.165, 1.54) is 7.11 Å². The third-order valence-corrected chi connectivity index (χ3v) is 2.93. The number of nitrogens with one attached hydrogen (secondary N) is 1. The molecule has 0 aromatic carbocycles. The highest BCUT2D eigenvalue weighted by Crippen LogP contribution is 2.13. The van der Waals surface area contributed by atoms with E-state index in [2.05, 4.69) is 10.1 Å². The smallest absolute Gasteiger partial charge is 0.475 e. The zero-order chi connectivity index (χ0) is 20.9. The topological polar surface area (TPSA) is 162 Å². The lowest BCUT2D eigenvalue weighted by Crippen LogP contribution is -2.49. The number of carbonyl (C=O) groups is 4. The fraction of sp³-hybridized carbons (Fsp3) is 0.714. The molecule has 0 aromatic heterocycles. The Balaban J connectivity index is 0. The summed E-state index contributed by atoms with van der Waals surface area (Å²) in [7, 11) is 1.26. The second kappa shape index (κ2) is 12.9. The quantitative estimate of drug-likeness (QED) is 0.407. The monoisotopic (exact) mass is 387 g/mol. The molecule has 9 nitrogen and oxygen atoms in total. The summed E-state index contributed by atoms with van der Waals surface area (Å²) < 4.78 is 36.4. The predicted molar refractivity (Wildman–Crippen MR) is 83.6 cm³/mol. The van der Waals surface area contributed by atoms with E-state index in [0.717, 1.165) is 12.8 Å². The molecule has 0 aliphatic rings. The largest absolute Gasteiger partial charge is 0.490 e. The molecule has 0 bridgehead atoms. The minimum Gasteiger partial charge on any atom is -0.475 e. The van der Waals surface area contributed by atoms with E-state index in [9.17, 15) is 27.6 Å². The van der Waals surface area contributed by atoms with Crippen molar-refractivity contribution in [2.24, 2.45) is 11.5 Å². The Bertz CT molecular complexity index is 485. The molecule has 6 N–H and O–H groups in total. The summed E-state index contributed by atoms with van der Waals surface area (Å²) in [4.78, 5) is 42.7. The van der Waals surface area contributed by atoms with Crippen LogP contribution in [0, 0.1) is 0 Å². The Morgan fingerprint density at radius 1 is 1.19 bits per heavy atom. The van der Waals surface area contributed by atoms with Crippen LogP contribution < -0.4 is 16.8 Å². The van der Waals surface area contributed by atoms with Crippen LogP contribution >= 0.6 is 0 Å². The van der Waals surface area contributed by atoms with Gasteiger partial charge in [-0.2, -0.15) is 13.2 Å². The molecule has 0 aliphatic heterocycles. The van der Waals surface area contributed by atoms with Crippen LogP contribution in [0.3, 0.4) is 0 Å². The van der Waals surface area contributed by atoms with Crippen molar-refractivity contribution in [3.05, 3.63) is 0 Å². The number of carbonyl (C=O) groups excluding carboxylic acids is 3. The molecule has 0 saturated heterocycles. The van der Waals surface area contributed by atoms with Crippen LogP contribution in [0.5, 0.6) is 0 Å². The number of hydrogen-bond acceptors (Lipinski definition) is 6. The molecule has 12 heteroatoms. The predicted octanol–water partition coefficient (Wildman–Crippen LogP) is 0.0605. The third kappa shape index (κ3) is 13.0. The first kappa shape index (κ1) is 25.9. The molecule has 0 fully saturated rings. The number of nitrogens with two attached hydrogens (primary N) is 2. The first-order valence-corrected chi connectivity index (χ1v) is 7.58. The van der Waals surface area contributed by atoms with E-state index in [-0.39, 0.29) is 12.8 Å². The Kier molecular flexibility index (Phi) is 12.8. The van der Waals surface area contributed by atoms with Gasteiger partial charge in [-0.05, 0) is 12.8 Å². The van der Waals surface area contributed by atoms with E-state index < -0.39 is 42.0 Å². The van der Waals surface area contributed by atoms with Gasteiger partial charge in [0.2, 0.25) is 11.8 Å². The number of carboxylic acids is 1. The molecule has 0 aliphatic carbocycles. The number of ether oxygens (including phenoxy) is 1. The number of amides is 2. The van der Waals surface area contributed by atoms with Crippen molar-refractivity contribution < 1.29 is 42.2 Å². The average molecular weight is 387 g/mol. The van der Waals surface area contributed by atoms with Crippen molar-refractivity contribution in [2.45, 2.75) is 57.3 Å². The summed E-state index contributed by atoms with van der Waals surface area (Å²) in [6, 6.07) is -1.56. The number of methoxy groups -OCH3 is 1.